The van der Waals surface area contributed by atoms with Crippen LogP contribution in [0.25, 0.3) is 0 Å². The number of piperazine rings is 1. The van der Waals surface area contributed by atoms with Crippen molar-refractivity contribution in [2.45, 2.75) is 13.3 Å². The first-order chi connectivity index (χ1) is 12.6. The van der Waals surface area contributed by atoms with Crippen LogP contribution in [0.4, 0.5) is 5.69 Å². The van der Waals surface area contributed by atoms with E-state index < -0.39 is 0 Å². The van der Waals surface area contributed by atoms with Crippen molar-refractivity contribution < 1.29 is 4.79 Å². The smallest absolute Gasteiger partial charge is 0.271 e. The average Bonchev–Trinajstić information content (AvgIpc) is 2.66. The Morgan fingerprint density at radius 3 is 2.69 bits per heavy atom. The molecule has 1 fully saturated rings. The molecule has 2 N–H and O–H groups in total. The second-order valence-electron chi connectivity index (χ2n) is 6.58. The van der Waals surface area contributed by atoms with Crippen LogP contribution in [0, 0.1) is 6.92 Å². The van der Waals surface area contributed by atoms with E-state index in [1.807, 2.05) is 0 Å². The molecular formula is C19H25N5O2. The van der Waals surface area contributed by atoms with Gasteiger partial charge in [-0.05, 0) is 43.7 Å². The summed E-state index contributed by atoms with van der Waals surface area (Å²) >= 11 is 0. The molecule has 1 aliphatic rings. The van der Waals surface area contributed by atoms with Gasteiger partial charge in [0, 0.05) is 44.5 Å². The monoisotopic (exact) mass is 355 g/mol. The normalized spacial score (nSPS) is 15.0. The van der Waals surface area contributed by atoms with Crippen LogP contribution in [0.3, 0.4) is 0 Å². The topological polar surface area (TPSA) is 81.3 Å². The summed E-state index contributed by atoms with van der Waals surface area (Å²) in [6, 6.07) is 11.4. The molecule has 1 aliphatic heterocycles. The van der Waals surface area contributed by atoms with E-state index in [9.17, 15) is 9.59 Å². The molecule has 7 heteroatoms. The molecule has 7 nitrogen and oxygen atoms in total. The van der Waals surface area contributed by atoms with Gasteiger partial charge in [-0.2, -0.15) is 5.10 Å². The van der Waals surface area contributed by atoms with E-state index in [0.717, 1.165) is 39.1 Å². The van der Waals surface area contributed by atoms with Crippen molar-refractivity contribution in [3.63, 3.8) is 0 Å². The third-order valence-electron chi connectivity index (χ3n) is 4.59. The molecule has 3 rings (SSSR count). The van der Waals surface area contributed by atoms with E-state index in [-0.39, 0.29) is 17.2 Å². The highest BCUT2D eigenvalue weighted by atomic mass is 16.2. The third kappa shape index (κ3) is 4.92. The van der Waals surface area contributed by atoms with Crippen LogP contribution in [-0.4, -0.2) is 60.3 Å². The highest BCUT2D eigenvalue weighted by molar-refractivity contribution is 5.91. The number of carbonyl (C=O) groups is 1. The first-order valence-corrected chi connectivity index (χ1v) is 9.00. The molecule has 1 saturated heterocycles. The Balaban J connectivity index is 1.36. The van der Waals surface area contributed by atoms with Gasteiger partial charge < -0.3 is 10.2 Å². The number of anilines is 1. The van der Waals surface area contributed by atoms with Crippen molar-refractivity contribution in [2.24, 2.45) is 0 Å². The minimum atomic E-state index is -0.314. The molecule has 0 atom stereocenters. The van der Waals surface area contributed by atoms with Gasteiger partial charge in [0.1, 0.15) is 5.69 Å². The molecule has 0 bridgehead atoms. The predicted molar refractivity (Wildman–Crippen MR) is 102 cm³/mol. The lowest BCUT2D eigenvalue weighted by Crippen LogP contribution is -2.47. The molecule has 1 amide bonds. The minimum absolute atomic E-state index is 0.233. The first kappa shape index (κ1) is 18.1. The van der Waals surface area contributed by atoms with Crippen molar-refractivity contribution in [3.05, 3.63) is 58.0 Å². The lowest BCUT2D eigenvalue weighted by Gasteiger charge is -2.36. The van der Waals surface area contributed by atoms with Crippen molar-refractivity contribution in [2.75, 3.05) is 44.2 Å². The zero-order valence-electron chi connectivity index (χ0n) is 15.1. The maximum absolute atomic E-state index is 11.9. The summed E-state index contributed by atoms with van der Waals surface area (Å²) in [4.78, 5) is 27.7. The number of amides is 1. The van der Waals surface area contributed by atoms with Crippen molar-refractivity contribution in [1.82, 2.24) is 20.4 Å². The number of nitrogens with zero attached hydrogens (tertiary/aromatic N) is 3. The molecule has 2 aromatic rings. The van der Waals surface area contributed by atoms with Crippen LogP contribution < -0.4 is 15.8 Å². The summed E-state index contributed by atoms with van der Waals surface area (Å²) in [6.45, 7) is 7.79. The molecule has 0 saturated carbocycles. The molecule has 26 heavy (non-hydrogen) atoms. The molecule has 1 aromatic heterocycles. The Hall–Kier alpha value is -2.67. The summed E-state index contributed by atoms with van der Waals surface area (Å²) in [7, 11) is 0. The van der Waals surface area contributed by atoms with Crippen molar-refractivity contribution in [3.8, 4) is 0 Å². The van der Waals surface area contributed by atoms with Crippen LogP contribution in [-0.2, 0) is 0 Å². The molecule has 2 heterocycles. The number of rotatable bonds is 6. The Kier molecular flexibility index (Phi) is 6.01. The van der Waals surface area contributed by atoms with Crippen molar-refractivity contribution in [1.29, 1.82) is 0 Å². The number of benzene rings is 1. The van der Waals surface area contributed by atoms with Crippen molar-refractivity contribution >= 4 is 11.6 Å². The number of H-pyrrole nitrogens is 1. The van der Waals surface area contributed by atoms with Gasteiger partial charge in [-0.25, -0.2) is 5.10 Å². The van der Waals surface area contributed by atoms with E-state index in [0.29, 0.717) is 6.54 Å². The van der Waals surface area contributed by atoms with Crippen LogP contribution in [0.2, 0.25) is 0 Å². The third-order valence-corrected chi connectivity index (χ3v) is 4.59. The molecular weight excluding hydrogens is 330 g/mol. The predicted octanol–water partition coefficient (Wildman–Crippen LogP) is 1.02. The van der Waals surface area contributed by atoms with E-state index in [2.05, 4.69) is 56.5 Å². The lowest BCUT2D eigenvalue weighted by molar-refractivity contribution is 0.0945. The first-order valence-electron chi connectivity index (χ1n) is 9.00. The molecule has 0 aliphatic carbocycles. The van der Waals surface area contributed by atoms with E-state index in [1.165, 1.54) is 23.4 Å². The highest BCUT2D eigenvalue weighted by Gasteiger charge is 2.17. The summed E-state index contributed by atoms with van der Waals surface area (Å²) < 4.78 is 0. The summed E-state index contributed by atoms with van der Waals surface area (Å²) in [5.74, 6) is -0.259. The van der Waals surface area contributed by atoms with Gasteiger partial charge in [0.05, 0.1) is 0 Å². The largest absolute Gasteiger partial charge is 0.369 e. The van der Waals surface area contributed by atoms with Gasteiger partial charge >= 0.3 is 0 Å². The van der Waals surface area contributed by atoms with Gasteiger partial charge in [-0.3, -0.25) is 14.5 Å². The Morgan fingerprint density at radius 2 is 2.00 bits per heavy atom. The Morgan fingerprint density at radius 1 is 1.19 bits per heavy atom. The quantitative estimate of drug-likeness (QED) is 0.756. The molecule has 0 unspecified atom stereocenters. The van der Waals surface area contributed by atoms with E-state index >= 15 is 0 Å². The number of aryl methyl sites for hydroxylation is 1. The molecule has 0 radical (unpaired) electrons. The second kappa shape index (κ2) is 8.62. The SMILES string of the molecule is Cc1cccc(N2CCN(CCCNC(=O)c3ccc(=O)[nH]n3)CC2)c1. The fourth-order valence-corrected chi connectivity index (χ4v) is 3.12. The van der Waals surface area contributed by atoms with E-state index in [4.69, 9.17) is 0 Å². The fraction of sp³-hybridized carbons (Fsp3) is 0.421. The number of carbonyl (C=O) groups excluding carboxylic acids is 1. The van der Waals surface area contributed by atoms with Gasteiger partial charge in [0.15, 0.2) is 0 Å². The van der Waals surface area contributed by atoms with Gasteiger partial charge in [-0.15, -0.1) is 0 Å². The number of hydrogen-bond acceptors (Lipinski definition) is 5. The van der Waals surface area contributed by atoms with Crippen LogP contribution in [0.5, 0.6) is 0 Å². The summed E-state index contributed by atoms with van der Waals surface area (Å²) in [5, 5.41) is 8.83. The average molecular weight is 355 g/mol. The maximum atomic E-state index is 11.9. The number of aromatic nitrogens is 2. The minimum Gasteiger partial charge on any atom is -0.369 e. The number of aromatic amines is 1. The molecule has 0 spiro atoms. The van der Waals surface area contributed by atoms with Crippen LogP contribution in [0.15, 0.2) is 41.2 Å². The summed E-state index contributed by atoms with van der Waals surface area (Å²) in [6.07, 6.45) is 0.888. The zero-order valence-corrected chi connectivity index (χ0v) is 15.1. The maximum Gasteiger partial charge on any atom is 0.271 e. The van der Waals surface area contributed by atoms with Gasteiger partial charge in [0.25, 0.3) is 11.5 Å². The zero-order chi connectivity index (χ0) is 18.4. The highest BCUT2D eigenvalue weighted by Crippen LogP contribution is 2.17. The molecule has 1 aromatic carbocycles. The Labute approximate surface area is 153 Å². The van der Waals surface area contributed by atoms with E-state index in [1.54, 1.807) is 0 Å². The van der Waals surface area contributed by atoms with Crippen LogP contribution >= 0.6 is 0 Å². The standard InChI is InChI=1S/C19H25N5O2/c1-15-4-2-5-16(14-15)24-12-10-23(11-13-24)9-3-8-20-19(26)17-6-7-18(25)22-21-17/h2,4-7,14H,3,8-13H2,1H3,(H,20,26)(H,22,25). The lowest BCUT2D eigenvalue weighted by atomic mass is 10.2. The van der Waals surface area contributed by atoms with Gasteiger partial charge in [0.2, 0.25) is 0 Å². The molecule has 138 valence electrons. The fourth-order valence-electron chi connectivity index (χ4n) is 3.12. The number of nitrogens with one attached hydrogen (secondary N) is 2. The Bertz CT molecular complexity index is 776. The second-order valence-corrected chi connectivity index (χ2v) is 6.58. The van der Waals surface area contributed by atoms with Crippen LogP contribution in [0.1, 0.15) is 22.5 Å². The number of hydrogen-bond donors (Lipinski definition) is 2. The summed E-state index contributed by atoms with van der Waals surface area (Å²) in [5.41, 5.74) is 2.51. The van der Waals surface area contributed by atoms with Gasteiger partial charge in [-0.1, -0.05) is 12.1 Å².